The lowest BCUT2D eigenvalue weighted by Gasteiger charge is -2.34. The molecule has 0 bridgehead atoms. The summed E-state index contributed by atoms with van der Waals surface area (Å²) in [7, 11) is -1.67. The summed E-state index contributed by atoms with van der Waals surface area (Å²) in [6, 6.07) is 7.07. The van der Waals surface area contributed by atoms with Crippen molar-refractivity contribution >= 4 is 26.0 Å². The van der Waals surface area contributed by atoms with Crippen molar-refractivity contribution in [2.75, 3.05) is 13.6 Å². The molecule has 1 aliphatic carbocycles. The zero-order valence-electron chi connectivity index (χ0n) is 10.6. The number of benzene rings is 1. The molecule has 1 saturated carbocycles. The molecule has 0 aromatic heterocycles. The Bertz CT molecular complexity index is 524. The molecule has 0 spiro atoms. The maximum Gasteiger partial charge on any atom is 0.242 e. The number of alkyl halides is 1. The Morgan fingerprint density at radius 3 is 2.61 bits per heavy atom. The zero-order chi connectivity index (χ0) is 13.3. The van der Waals surface area contributed by atoms with Gasteiger partial charge in [0.05, 0.1) is 4.90 Å². The quantitative estimate of drug-likeness (QED) is 0.795. The molecule has 18 heavy (non-hydrogen) atoms. The third-order valence-electron chi connectivity index (χ3n) is 3.39. The number of hydrogen-bond acceptors (Lipinski definition) is 2. The Balaban J connectivity index is 2.10. The van der Waals surface area contributed by atoms with E-state index in [-0.39, 0.29) is 0 Å². The predicted octanol–water partition coefficient (Wildman–Crippen LogP) is 2.79. The van der Waals surface area contributed by atoms with E-state index in [2.05, 4.69) is 15.9 Å². The van der Waals surface area contributed by atoms with Crippen LogP contribution in [-0.4, -0.2) is 31.1 Å². The van der Waals surface area contributed by atoms with Gasteiger partial charge in [0.25, 0.3) is 0 Å². The highest BCUT2D eigenvalue weighted by Gasteiger charge is 2.31. The van der Waals surface area contributed by atoms with E-state index in [1.54, 1.807) is 25.2 Å². The minimum atomic E-state index is -3.33. The zero-order valence-corrected chi connectivity index (χ0v) is 13.0. The maximum atomic E-state index is 12.4. The van der Waals surface area contributed by atoms with E-state index < -0.39 is 10.0 Å². The van der Waals surface area contributed by atoms with Crippen molar-refractivity contribution in [2.24, 2.45) is 5.92 Å². The SMILES string of the molecule is Cc1cccc(S(=O)(=O)N(C)CC2CC(Br)C2)c1. The summed E-state index contributed by atoms with van der Waals surface area (Å²) in [6.07, 6.45) is 2.13. The van der Waals surface area contributed by atoms with Crippen LogP contribution in [0.15, 0.2) is 29.2 Å². The van der Waals surface area contributed by atoms with Crippen LogP contribution in [0.4, 0.5) is 0 Å². The summed E-state index contributed by atoms with van der Waals surface area (Å²) in [5.74, 6) is 0.485. The van der Waals surface area contributed by atoms with Crippen molar-refractivity contribution in [1.29, 1.82) is 0 Å². The minimum Gasteiger partial charge on any atom is -0.207 e. The fourth-order valence-corrected chi connectivity index (χ4v) is 4.63. The Labute approximate surface area is 117 Å². The summed E-state index contributed by atoms with van der Waals surface area (Å²) in [5, 5.41) is 0. The van der Waals surface area contributed by atoms with Gasteiger partial charge in [0.1, 0.15) is 0 Å². The molecule has 0 heterocycles. The molecule has 0 aliphatic heterocycles. The highest BCUT2D eigenvalue weighted by molar-refractivity contribution is 9.09. The average molecular weight is 332 g/mol. The van der Waals surface area contributed by atoms with E-state index in [9.17, 15) is 8.42 Å². The average Bonchev–Trinajstić information content (AvgIpc) is 2.26. The lowest BCUT2D eigenvalue weighted by Crippen LogP contribution is -2.37. The van der Waals surface area contributed by atoms with Gasteiger partial charge < -0.3 is 0 Å². The number of sulfonamides is 1. The molecule has 0 atom stereocenters. The lowest BCUT2D eigenvalue weighted by molar-refractivity contribution is 0.275. The Kier molecular flexibility index (Phi) is 4.14. The molecule has 2 rings (SSSR count). The molecule has 0 amide bonds. The molecule has 0 N–H and O–H groups in total. The molecule has 1 fully saturated rings. The van der Waals surface area contributed by atoms with Gasteiger partial charge in [0, 0.05) is 18.4 Å². The monoisotopic (exact) mass is 331 g/mol. The molecule has 0 saturated heterocycles. The van der Waals surface area contributed by atoms with Gasteiger partial charge in [-0.05, 0) is 43.4 Å². The number of hydrogen-bond donors (Lipinski definition) is 0. The second-order valence-electron chi connectivity index (χ2n) is 5.04. The summed E-state index contributed by atoms with van der Waals surface area (Å²) in [6.45, 7) is 2.51. The topological polar surface area (TPSA) is 37.4 Å². The van der Waals surface area contributed by atoms with Gasteiger partial charge in [-0.2, -0.15) is 0 Å². The molecule has 0 unspecified atom stereocenters. The molecular weight excluding hydrogens is 314 g/mol. The third-order valence-corrected chi connectivity index (χ3v) is 5.96. The third kappa shape index (κ3) is 2.95. The lowest BCUT2D eigenvalue weighted by atomic mass is 9.85. The van der Waals surface area contributed by atoms with Crippen LogP contribution in [0, 0.1) is 12.8 Å². The van der Waals surface area contributed by atoms with Crippen molar-refractivity contribution < 1.29 is 8.42 Å². The molecule has 1 aliphatic rings. The van der Waals surface area contributed by atoms with Gasteiger partial charge in [-0.25, -0.2) is 12.7 Å². The minimum absolute atomic E-state index is 0.389. The Morgan fingerprint density at radius 2 is 2.06 bits per heavy atom. The summed E-state index contributed by atoms with van der Waals surface area (Å²) >= 11 is 3.53. The van der Waals surface area contributed by atoms with Crippen molar-refractivity contribution in [2.45, 2.75) is 29.5 Å². The van der Waals surface area contributed by atoms with Crippen LogP contribution >= 0.6 is 15.9 Å². The van der Waals surface area contributed by atoms with E-state index >= 15 is 0 Å². The molecule has 3 nitrogen and oxygen atoms in total. The van der Waals surface area contributed by atoms with Crippen LogP contribution in [0.25, 0.3) is 0 Å². The van der Waals surface area contributed by atoms with Gasteiger partial charge in [0.15, 0.2) is 0 Å². The molecule has 1 aromatic rings. The Hall–Kier alpha value is -0.390. The van der Waals surface area contributed by atoms with Crippen LogP contribution in [0.1, 0.15) is 18.4 Å². The van der Waals surface area contributed by atoms with Crippen molar-refractivity contribution in [1.82, 2.24) is 4.31 Å². The van der Waals surface area contributed by atoms with Crippen LogP contribution in [-0.2, 0) is 10.0 Å². The summed E-state index contributed by atoms with van der Waals surface area (Å²) in [5.41, 5.74) is 0.966. The maximum absolute atomic E-state index is 12.4. The molecular formula is C13H18BrNO2S. The van der Waals surface area contributed by atoms with Crippen LogP contribution < -0.4 is 0 Å². The largest absolute Gasteiger partial charge is 0.242 e. The van der Waals surface area contributed by atoms with Crippen molar-refractivity contribution in [3.8, 4) is 0 Å². The number of rotatable bonds is 4. The van der Waals surface area contributed by atoms with Crippen LogP contribution in [0.2, 0.25) is 0 Å². The van der Waals surface area contributed by atoms with Crippen molar-refractivity contribution in [3.63, 3.8) is 0 Å². The summed E-state index contributed by atoms with van der Waals surface area (Å²) in [4.78, 5) is 0.956. The first kappa shape index (κ1) is 14.0. The first-order valence-electron chi connectivity index (χ1n) is 6.06. The fourth-order valence-electron chi connectivity index (χ4n) is 2.22. The second kappa shape index (κ2) is 5.31. The summed E-state index contributed by atoms with van der Waals surface area (Å²) < 4.78 is 26.2. The van der Waals surface area contributed by atoms with Crippen LogP contribution in [0.5, 0.6) is 0 Å². The first-order valence-corrected chi connectivity index (χ1v) is 8.42. The number of nitrogens with zero attached hydrogens (tertiary/aromatic N) is 1. The highest BCUT2D eigenvalue weighted by atomic mass is 79.9. The van der Waals surface area contributed by atoms with Crippen molar-refractivity contribution in [3.05, 3.63) is 29.8 Å². The molecule has 0 radical (unpaired) electrons. The first-order chi connectivity index (χ1) is 8.39. The highest BCUT2D eigenvalue weighted by Crippen LogP contribution is 2.34. The Morgan fingerprint density at radius 1 is 1.39 bits per heavy atom. The van der Waals surface area contributed by atoms with Gasteiger partial charge in [0.2, 0.25) is 10.0 Å². The van der Waals surface area contributed by atoms with Gasteiger partial charge in [-0.15, -0.1) is 0 Å². The van der Waals surface area contributed by atoms with Gasteiger partial charge in [-0.1, -0.05) is 28.1 Å². The predicted molar refractivity (Wildman–Crippen MR) is 76.4 cm³/mol. The molecule has 100 valence electrons. The second-order valence-corrected chi connectivity index (χ2v) is 8.38. The smallest absolute Gasteiger partial charge is 0.207 e. The van der Waals surface area contributed by atoms with E-state index in [0.717, 1.165) is 18.4 Å². The fraction of sp³-hybridized carbons (Fsp3) is 0.538. The van der Waals surface area contributed by atoms with E-state index in [1.165, 1.54) is 4.31 Å². The molecule has 5 heteroatoms. The standard InChI is InChI=1S/C13H18BrNO2S/c1-10-4-3-5-13(6-10)18(16,17)15(2)9-11-7-12(14)8-11/h3-6,11-12H,7-9H2,1-2H3. The number of aryl methyl sites for hydroxylation is 1. The van der Waals surface area contributed by atoms with Gasteiger partial charge >= 0.3 is 0 Å². The number of halogens is 1. The van der Waals surface area contributed by atoms with Crippen LogP contribution in [0.3, 0.4) is 0 Å². The van der Waals surface area contributed by atoms with E-state index in [1.807, 2.05) is 13.0 Å². The molecule has 1 aromatic carbocycles. The van der Waals surface area contributed by atoms with Gasteiger partial charge in [-0.3, -0.25) is 0 Å². The normalized spacial score (nSPS) is 24.0. The van der Waals surface area contributed by atoms with E-state index in [0.29, 0.717) is 22.2 Å². The van der Waals surface area contributed by atoms with E-state index in [4.69, 9.17) is 0 Å².